The summed E-state index contributed by atoms with van der Waals surface area (Å²) in [6.07, 6.45) is 3.28. The maximum Gasteiger partial charge on any atom is 0.233 e. The lowest BCUT2D eigenvalue weighted by atomic mass is 10.0. The number of nitrogens with two attached hydrogens (primary N) is 1. The molecule has 1 rings (SSSR count). The summed E-state index contributed by atoms with van der Waals surface area (Å²) in [7, 11) is 0. The van der Waals surface area contributed by atoms with Gasteiger partial charge in [-0.1, -0.05) is 0 Å². The Kier molecular flexibility index (Phi) is 5.93. The monoisotopic (exact) mass is 242 g/mol. The number of hydrogen-bond donors (Lipinski definition) is 3. The molecule has 4 N–H and O–H groups in total. The van der Waals surface area contributed by atoms with E-state index in [4.69, 9.17) is 5.84 Å². The normalized spacial score (nSPS) is 17.8. The molecule has 0 radical (unpaired) electrons. The van der Waals surface area contributed by atoms with Crippen LogP contribution >= 0.6 is 0 Å². The summed E-state index contributed by atoms with van der Waals surface area (Å²) >= 11 is 0. The zero-order valence-corrected chi connectivity index (χ0v) is 10.4. The van der Waals surface area contributed by atoms with E-state index in [0.717, 1.165) is 38.9 Å². The highest BCUT2D eigenvalue weighted by Gasteiger charge is 2.19. The molecule has 6 heteroatoms. The number of rotatable bonds is 5. The first kappa shape index (κ1) is 13.9. The Labute approximate surface area is 102 Å². The first-order valence-electron chi connectivity index (χ1n) is 6.10. The number of carbonyl (C=O) groups excluding carboxylic acids is 2. The first-order valence-corrected chi connectivity index (χ1v) is 6.10. The van der Waals surface area contributed by atoms with Crippen LogP contribution < -0.4 is 16.6 Å². The summed E-state index contributed by atoms with van der Waals surface area (Å²) in [5.41, 5.74) is 2.13. The Morgan fingerprint density at radius 1 is 1.35 bits per heavy atom. The van der Waals surface area contributed by atoms with Crippen molar-refractivity contribution in [3.8, 4) is 0 Å². The van der Waals surface area contributed by atoms with Crippen LogP contribution in [0.3, 0.4) is 0 Å². The topological polar surface area (TPSA) is 87.5 Å². The van der Waals surface area contributed by atoms with E-state index >= 15 is 0 Å². The quantitative estimate of drug-likeness (QED) is 0.340. The zero-order chi connectivity index (χ0) is 12.7. The minimum Gasteiger partial charge on any atom is -0.354 e. The number of amides is 2. The zero-order valence-electron chi connectivity index (χ0n) is 10.4. The van der Waals surface area contributed by atoms with Gasteiger partial charge in [0, 0.05) is 32.5 Å². The highest BCUT2D eigenvalue weighted by Crippen LogP contribution is 2.10. The van der Waals surface area contributed by atoms with Gasteiger partial charge in [0.25, 0.3) is 0 Å². The van der Waals surface area contributed by atoms with Crippen LogP contribution in [0.4, 0.5) is 0 Å². The maximum atomic E-state index is 10.9. The van der Waals surface area contributed by atoms with E-state index in [2.05, 4.69) is 15.6 Å². The number of hydrazine groups is 1. The average molecular weight is 242 g/mol. The van der Waals surface area contributed by atoms with E-state index in [-0.39, 0.29) is 11.8 Å². The molecule has 0 aromatic carbocycles. The van der Waals surface area contributed by atoms with Crippen molar-refractivity contribution in [2.45, 2.75) is 38.6 Å². The molecule has 0 spiro atoms. The maximum absolute atomic E-state index is 10.9. The summed E-state index contributed by atoms with van der Waals surface area (Å²) in [5.74, 6) is 4.93. The second-order valence-corrected chi connectivity index (χ2v) is 4.49. The lowest BCUT2D eigenvalue weighted by Crippen LogP contribution is -2.44. The van der Waals surface area contributed by atoms with Crippen LogP contribution in [-0.2, 0) is 9.59 Å². The van der Waals surface area contributed by atoms with Crippen LogP contribution in [-0.4, -0.2) is 42.4 Å². The summed E-state index contributed by atoms with van der Waals surface area (Å²) in [6, 6.07) is 0.316. The van der Waals surface area contributed by atoms with Crippen molar-refractivity contribution >= 4 is 11.8 Å². The number of carbonyl (C=O) groups is 2. The van der Waals surface area contributed by atoms with Crippen LogP contribution in [0.1, 0.15) is 32.6 Å². The molecule has 0 unspecified atom stereocenters. The summed E-state index contributed by atoms with van der Waals surface area (Å²) in [6.45, 7) is 4.43. The van der Waals surface area contributed by atoms with Gasteiger partial charge in [-0.25, -0.2) is 5.84 Å². The van der Waals surface area contributed by atoms with Crippen molar-refractivity contribution in [2.24, 2.45) is 5.84 Å². The Morgan fingerprint density at radius 2 is 2.00 bits per heavy atom. The Balaban J connectivity index is 2.10. The minimum absolute atomic E-state index is 0.0445. The van der Waals surface area contributed by atoms with Crippen molar-refractivity contribution in [1.82, 2.24) is 15.6 Å². The predicted molar refractivity (Wildman–Crippen MR) is 64.8 cm³/mol. The van der Waals surface area contributed by atoms with Gasteiger partial charge < -0.3 is 10.2 Å². The van der Waals surface area contributed by atoms with E-state index in [1.807, 2.05) is 0 Å². The largest absolute Gasteiger partial charge is 0.354 e. The molecule has 2 amide bonds. The Morgan fingerprint density at radius 3 is 2.53 bits per heavy atom. The van der Waals surface area contributed by atoms with E-state index in [1.54, 1.807) is 6.92 Å². The molecule has 17 heavy (non-hydrogen) atoms. The van der Waals surface area contributed by atoms with E-state index in [1.165, 1.54) is 0 Å². The minimum atomic E-state index is -0.113. The third-order valence-corrected chi connectivity index (χ3v) is 3.03. The summed E-state index contributed by atoms with van der Waals surface area (Å²) in [5, 5.41) is 2.94. The van der Waals surface area contributed by atoms with Gasteiger partial charge in [-0.3, -0.25) is 15.0 Å². The lowest BCUT2D eigenvalue weighted by molar-refractivity contribution is -0.121. The van der Waals surface area contributed by atoms with Crippen LogP contribution in [0, 0.1) is 0 Å². The summed E-state index contributed by atoms with van der Waals surface area (Å²) in [4.78, 5) is 24.1. The second kappa shape index (κ2) is 7.24. The van der Waals surface area contributed by atoms with E-state index < -0.39 is 0 Å². The van der Waals surface area contributed by atoms with Gasteiger partial charge in [-0.15, -0.1) is 0 Å². The summed E-state index contributed by atoms with van der Waals surface area (Å²) < 4.78 is 0. The highest BCUT2D eigenvalue weighted by atomic mass is 16.2. The van der Waals surface area contributed by atoms with Crippen LogP contribution in [0.25, 0.3) is 0 Å². The van der Waals surface area contributed by atoms with Crippen molar-refractivity contribution in [1.29, 1.82) is 0 Å². The molecule has 1 fully saturated rings. The Hall–Kier alpha value is -1.14. The standard InChI is InChI=1S/C11H22N4O2/c1-9(16)13-10-4-7-15(8-5-10)6-2-3-11(17)14-12/h10H,2-8,12H2,1H3,(H,13,16)(H,14,17). The molecule has 1 heterocycles. The molecule has 1 saturated heterocycles. The molecule has 1 aliphatic heterocycles. The molecule has 1 aliphatic rings. The fourth-order valence-corrected chi connectivity index (χ4v) is 2.12. The third-order valence-electron chi connectivity index (χ3n) is 3.03. The van der Waals surface area contributed by atoms with E-state index in [0.29, 0.717) is 12.5 Å². The van der Waals surface area contributed by atoms with Gasteiger partial charge in [0.1, 0.15) is 0 Å². The van der Waals surface area contributed by atoms with E-state index in [9.17, 15) is 9.59 Å². The fourth-order valence-electron chi connectivity index (χ4n) is 2.12. The molecule has 0 aromatic rings. The number of nitrogens with zero attached hydrogens (tertiary/aromatic N) is 1. The molecule has 0 aliphatic carbocycles. The molecular formula is C11H22N4O2. The molecule has 98 valence electrons. The lowest BCUT2D eigenvalue weighted by Gasteiger charge is -2.32. The molecule has 0 aromatic heterocycles. The molecule has 0 saturated carbocycles. The molecule has 0 bridgehead atoms. The SMILES string of the molecule is CC(=O)NC1CCN(CCCC(=O)NN)CC1. The van der Waals surface area contributed by atoms with Crippen molar-refractivity contribution in [3.63, 3.8) is 0 Å². The van der Waals surface area contributed by atoms with Gasteiger partial charge in [-0.05, 0) is 25.8 Å². The first-order chi connectivity index (χ1) is 8.11. The van der Waals surface area contributed by atoms with Crippen molar-refractivity contribution < 1.29 is 9.59 Å². The predicted octanol–water partition coefficient (Wildman–Crippen LogP) is -0.643. The van der Waals surface area contributed by atoms with Gasteiger partial charge in [0.05, 0.1) is 0 Å². The number of hydrogen-bond acceptors (Lipinski definition) is 4. The van der Waals surface area contributed by atoms with Gasteiger partial charge in [0.15, 0.2) is 0 Å². The van der Waals surface area contributed by atoms with Crippen LogP contribution in [0.5, 0.6) is 0 Å². The van der Waals surface area contributed by atoms with Gasteiger partial charge in [0.2, 0.25) is 11.8 Å². The number of nitrogens with one attached hydrogen (secondary N) is 2. The average Bonchev–Trinajstić information content (AvgIpc) is 2.30. The van der Waals surface area contributed by atoms with Crippen LogP contribution in [0.2, 0.25) is 0 Å². The fraction of sp³-hybridized carbons (Fsp3) is 0.818. The molecular weight excluding hydrogens is 220 g/mol. The Bertz CT molecular complexity index is 262. The molecule has 0 atom stereocenters. The highest BCUT2D eigenvalue weighted by molar-refractivity contribution is 5.75. The molecule has 6 nitrogen and oxygen atoms in total. The smallest absolute Gasteiger partial charge is 0.233 e. The second-order valence-electron chi connectivity index (χ2n) is 4.49. The van der Waals surface area contributed by atoms with Crippen molar-refractivity contribution in [2.75, 3.05) is 19.6 Å². The number of likely N-dealkylation sites (tertiary alicyclic amines) is 1. The number of piperidine rings is 1. The van der Waals surface area contributed by atoms with Crippen LogP contribution in [0.15, 0.2) is 0 Å². The van der Waals surface area contributed by atoms with Crippen molar-refractivity contribution in [3.05, 3.63) is 0 Å². The van der Waals surface area contributed by atoms with Gasteiger partial charge >= 0.3 is 0 Å². The van der Waals surface area contributed by atoms with Gasteiger partial charge in [-0.2, -0.15) is 0 Å². The third kappa shape index (κ3) is 5.65.